The van der Waals surface area contributed by atoms with E-state index in [-0.39, 0.29) is 28.6 Å². The second-order valence-corrected chi connectivity index (χ2v) is 8.38. The highest BCUT2D eigenvalue weighted by molar-refractivity contribution is 7.80. The first-order valence-corrected chi connectivity index (χ1v) is 9.55. The Labute approximate surface area is 164 Å². The molecule has 0 spiro atoms. The van der Waals surface area contributed by atoms with Crippen LogP contribution in [0.2, 0.25) is 0 Å². The van der Waals surface area contributed by atoms with Gasteiger partial charge >= 0.3 is 6.09 Å². The van der Waals surface area contributed by atoms with Crippen LogP contribution in [0.5, 0.6) is 0 Å². The Kier molecular flexibility index (Phi) is 5.55. The number of benzene rings is 1. The van der Waals surface area contributed by atoms with E-state index < -0.39 is 0 Å². The van der Waals surface area contributed by atoms with Gasteiger partial charge in [-0.3, -0.25) is 4.79 Å². The summed E-state index contributed by atoms with van der Waals surface area (Å²) in [7, 11) is 0. The normalized spacial score (nSPS) is 20.1. The van der Waals surface area contributed by atoms with Crippen LogP contribution in [0.1, 0.15) is 37.0 Å². The number of ether oxygens (including phenoxy) is 1. The van der Waals surface area contributed by atoms with Crippen molar-refractivity contribution in [3.8, 4) is 0 Å². The molecule has 1 aromatic carbocycles. The maximum Gasteiger partial charge on any atom is 0.410 e. The maximum absolute atomic E-state index is 12.8. The van der Waals surface area contributed by atoms with Gasteiger partial charge < -0.3 is 25.6 Å². The molecule has 0 aromatic heterocycles. The van der Waals surface area contributed by atoms with E-state index in [2.05, 4.69) is 19.2 Å². The molecule has 0 atom stereocenters. The predicted octanol–water partition coefficient (Wildman–Crippen LogP) is 2.43. The number of carbonyl (C=O) groups excluding carboxylic acids is 2. The summed E-state index contributed by atoms with van der Waals surface area (Å²) in [4.78, 5) is 28.6. The Morgan fingerprint density at radius 3 is 2.70 bits per heavy atom. The van der Waals surface area contributed by atoms with Crippen molar-refractivity contribution in [1.29, 1.82) is 0 Å². The summed E-state index contributed by atoms with van der Waals surface area (Å²) in [6.45, 7) is 6.56. The average molecular weight is 391 g/mol. The second-order valence-electron chi connectivity index (χ2n) is 7.94. The van der Waals surface area contributed by atoms with Crippen molar-refractivity contribution in [2.75, 3.05) is 31.6 Å². The lowest BCUT2D eigenvalue weighted by molar-refractivity contribution is -0.0153. The molecule has 0 aliphatic carbocycles. The zero-order valence-electron chi connectivity index (χ0n) is 15.7. The summed E-state index contributed by atoms with van der Waals surface area (Å²) >= 11 is 4.84. The molecule has 146 valence electrons. The average Bonchev–Trinajstić information content (AvgIpc) is 2.63. The number of thiocarbonyl (C=S) groups is 1. The molecule has 0 radical (unpaired) electrons. The van der Waals surface area contributed by atoms with Crippen molar-refractivity contribution in [3.05, 3.63) is 29.8 Å². The summed E-state index contributed by atoms with van der Waals surface area (Å²) in [5.41, 5.74) is 6.74. The minimum Gasteiger partial charge on any atom is -0.449 e. The predicted molar refractivity (Wildman–Crippen MR) is 108 cm³/mol. The molecule has 7 nitrogen and oxygen atoms in total. The summed E-state index contributed by atoms with van der Waals surface area (Å²) < 4.78 is 5.33. The van der Waals surface area contributed by atoms with E-state index in [1.54, 1.807) is 18.2 Å². The number of rotatable bonds is 3. The van der Waals surface area contributed by atoms with E-state index in [1.165, 1.54) is 0 Å². The molecule has 2 fully saturated rings. The minimum absolute atomic E-state index is 0.0263. The maximum atomic E-state index is 12.8. The number of carbonyl (C=O) groups is 2. The summed E-state index contributed by atoms with van der Waals surface area (Å²) in [5, 5.41) is 3.01. The van der Waals surface area contributed by atoms with E-state index >= 15 is 0 Å². The molecule has 0 unspecified atom stereocenters. The zero-order chi connectivity index (χ0) is 19.6. The lowest BCUT2D eigenvalue weighted by Crippen LogP contribution is -2.55. The minimum atomic E-state index is -0.240. The Morgan fingerprint density at radius 1 is 1.33 bits per heavy atom. The van der Waals surface area contributed by atoms with Crippen LogP contribution in [0, 0.1) is 5.41 Å². The third-order valence-corrected chi connectivity index (χ3v) is 5.09. The smallest absolute Gasteiger partial charge is 0.410 e. The van der Waals surface area contributed by atoms with Crippen molar-refractivity contribution < 1.29 is 14.3 Å². The second kappa shape index (κ2) is 7.72. The standard InChI is InChI=1S/C19H26N4O3S/c1-19(2)11-23(18(25)26-12-19)15-6-8-22(9-7-15)16(24)13-4-3-5-14(10-13)21-17(20)27/h3-5,10,15H,6-9,11-12H2,1-2H3,(H3,20,21,27). The van der Waals surface area contributed by atoms with Gasteiger partial charge in [-0.25, -0.2) is 4.79 Å². The summed E-state index contributed by atoms with van der Waals surface area (Å²) in [6.07, 6.45) is 1.26. The van der Waals surface area contributed by atoms with Gasteiger partial charge in [0.15, 0.2) is 5.11 Å². The highest BCUT2D eigenvalue weighted by Crippen LogP contribution is 2.28. The Bertz CT molecular complexity index is 744. The van der Waals surface area contributed by atoms with E-state index in [0.29, 0.717) is 37.5 Å². The lowest BCUT2D eigenvalue weighted by atomic mass is 9.91. The van der Waals surface area contributed by atoms with Crippen LogP contribution >= 0.6 is 12.2 Å². The summed E-state index contributed by atoms with van der Waals surface area (Å²) in [6, 6.07) is 7.25. The highest BCUT2D eigenvalue weighted by atomic mass is 32.1. The molecule has 8 heteroatoms. The number of cyclic esters (lactones) is 1. The van der Waals surface area contributed by atoms with E-state index in [1.807, 2.05) is 15.9 Å². The van der Waals surface area contributed by atoms with Crippen LogP contribution in [0.15, 0.2) is 24.3 Å². The first-order valence-electron chi connectivity index (χ1n) is 9.14. The van der Waals surface area contributed by atoms with Crippen molar-refractivity contribution in [2.24, 2.45) is 11.1 Å². The van der Waals surface area contributed by atoms with Gasteiger partial charge in [-0.05, 0) is 43.3 Å². The highest BCUT2D eigenvalue weighted by Gasteiger charge is 2.38. The molecule has 2 saturated heterocycles. The van der Waals surface area contributed by atoms with Crippen LogP contribution in [-0.2, 0) is 4.74 Å². The number of likely N-dealkylation sites (tertiary alicyclic amines) is 1. The number of nitrogens with one attached hydrogen (secondary N) is 1. The number of piperidine rings is 1. The first kappa shape index (κ1) is 19.4. The van der Waals surface area contributed by atoms with Gasteiger partial charge in [-0.1, -0.05) is 19.9 Å². The third kappa shape index (κ3) is 4.68. The lowest BCUT2D eigenvalue weighted by Gasteiger charge is -2.44. The molecule has 2 amide bonds. The van der Waals surface area contributed by atoms with Crippen molar-refractivity contribution in [2.45, 2.75) is 32.7 Å². The molecule has 3 N–H and O–H groups in total. The Hall–Kier alpha value is -2.35. The first-order chi connectivity index (χ1) is 12.7. The molecular formula is C19H26N4O3S. The quantitative estimate of drug-likeness (QED) is 0.771. The van der Waals surface area contributed by atoms with Gasteiger partial charge in [0.1, 0.15) is 0 Å². The van der Waals surface area contributed by atoms with Gasteiger partial charge in [0.25, 0.3) is 5.91 Å². The number of amides is 2. The van der Waals surface area contributed by atoms with Gasteiger partial charge in [0.2, 0.25) is 0 Å². The number of hydrogen-bond donors (Lipinski definition) is 2. The molecule has 3 rings (SSSR count). The van der Waals surface area contributed by atoms with Crippen LogP contribution in [0.25, 0.3) is 0 Å². The summed E-state index contributed by atoms with van der Waals surface area (Å²) in [5.74, 6) is -0.0263. The SMILES string of the molecule is CC1(C)COC(=O)N(C2CCN(C(=O)c3cccc(NC(N)=S)c3)CC2)C1. The van der Waals surface area contributed by atoms with Gasteiger partial charge in [-0.15, -0.1) is 0 Å². The fraction of sp³-hybridized carbons (Fsp3) is 0.526. The molecule has 2 aliphatic heterocycles. The van der Waals surface area contributed by atoms with E-state index in [4.69, 9.17) is 22.7 Å². The van der Waals surface area contributed by atoms with Crippen LogP contribution < -0.4 is 11.1 Å². The molecule has 2 aliphatic rings. The van der Waals surface area contributed by atoms with E-state index in [0.717, 1.165) is 12.8 Å². The van der Waals surface area contributed by atoms with Crippen molar-refractivity contribution in [3.63, 3.8) is 0 Å². The zero-order valence-corrected chi connectivity index (χ0v) is 16.6. The third-order valence-electron chi connectivity index (χ3n) is 4.99. The Morgan fingerprint density at radius 2 is 2.04 bits per heavy atom. The number of nitrogens with two attached hydrogens (primary N) is 1. The van der Waals surface area contributed by atoms with Crippen molar-refractivity contribution in [1.82, 2.24) is 9.80 Å². The largest absolute Gasteiger partial charge is 0.449 e. The van der Waals surface area contributed by atoms with Gasteiger partial charge in [0, 0.05) is 42.3 Å². The van der Waals surface area contributed by atoms with Crippen LogP contribution in [0.4, 0.5) is 10.5 Å². The monoisotopic (exact) mass is 390 g/mol. The molecule has 2 heterocycles. The van der Waals surface area contributed by atoms with Crippen molar-refractivity contribution >= 4 is 35.0 Å². The number of anilines is 1. The molecule has 0 bridgehead atoms. The van der Waals surface area contributed by atoms with Gasteiger partial charge in [0.05, 0.1) is 6.61 Å². The topological polar surface area (TPSA) is 87.9 Å². The number of hydrogen-bond acceptors (Lipinski definition) is 4. The molecule has 0 saturated carbocycles. The molecule has 27 heavy (non-hydrogen) atoms. The fourth-order valence-electron chi connectivity index (χ4n) is 3.62. The fourth-order valence-corrected chi connectivity index (χ4v) is 3.74. The van der Waals surface area contributed by atoms with Gasteiger partial charge in [-0.2, -0.15) is 0 Å². The van der Waals surface area contributed by atoms with Crippen LogP contribution in [-0.4, -0.2) is 59.2 Å². The molecule has 1 aromatic rings. The number of nitrogens with zero attached hydrogens (tertiary/aromatic N) is 2. The Balaban J connectivity index is 1.61. The molecular weight excluding hydrogens is 364 g/mol. The van der Waals surface area contributed by atoms with Crippen LogP contribution in [0.3, 0.4) is 0 Å². The van der Waals surface area contributed by atoms with E-state index in [9.17, 15) is 9.59 Å².